The lowest BCUT2D eigenvalue weighted by Crippen LogP contribution is -2.11. The van der Waals surface area contributed by atoms with Crippen LogP contribution in [0, 0.1) is 0 Å². The highest BCUT2D eigenvalue weighted by Crippen LogP contribution is 2.46. The molecule has 59 heavy (non-hydrogen) atoms. The summed E-state index contributed by atoms with van der Waals surface area (Å²) in [5.74, 6) is 0. The van der Waals surface area contributed by atoms with E-state index in [1.54, 1.807) is 0 Å². The summed E-state index contributed by atoms with van der Waals surface area (Å²) in [6.45, 7) is 0. The summed E-state index contributed by atoms with van der Waals surface area (Å²) in [4.78, 5) is 2.42. The molecule has 0 fully saturated rings. The van der Waals surface area contributed by atoms with Crippen LogP contribution in [0.1, 0.15) is 0 Å². The van der Waals surface area contributed by atoms with Gasteiger partial charge in [-0.25, -0.2) is 0 Å². The second-order valence-corrected chi connectivity index (χ2v) is 14.9. The second-order valence-electron chi connectivity index (χ2n) is 14.9. The van der Waals surface area contributed by atoms with E-state index in [2.05, 4.69) is 254 Å². The van der Waals surface area contributed by atoms with E-state index in [0.717, 1.165) is 22.6 Å². The van der Waals surface area contributed by atoms with Gasteiger partial charge in [-0.2, -0.15) is 0 Å². The summed E-state index contributed by atoms with van der Waals surface area (Å²) in [6, 6.07) is 89.9. The molecular formula is C58H41N. The molecule has 0 N–H and O–H groups in total. The molecule has 0 unspecified atom stereocenters. The largest absolute Gasteiger partial charge is 0.310 e. The number of hydrogen-bond acceptors (Lipinski definition) is 1. The molecule has 0 heterocycles. The van der Waals surface area contributed by atoms with Crippen molar-refractivity contribution in [3.8, 4) is 66.8 Å². The third kappa shape index (κ3) is 7.12. The lowest BCUT2D eigenvalue weighted by molar-refractivity contribution is 1.28. The lowest BCUT2D eigenvalue weighted by Gasteiger charge is -2.29. The summed E-state index contributed by atoms with van der Waals surface area (Å²) in [6.07, 6.45) is 0. The van der Waals surface area contributed by atoms with E-state index in [-0.39, 0.29) is 0 Å². The van der Waals surface area contributed by atoms with Crippen molar-refractivity contribution >= 4 is 27.8 Å². The Labute approximate surface area is 346 Å². The summed E-state index contributed by atoms with van der Waals surface area (Å²) in [7, 11) is 0. The first-order valence-electron chi connectivity index (χ1n) is 20.3. The minimum atomic E-state index is 1.08. The van der Waals surface area contributed by atoms with Gasteiger partial charge in [0.25, 0.3) is 0 Å². The Balaban J connectivity index is 1.14. The zero-order valence-corrected chi connectivity index (χ0v) is 32.6. The van der Waals surface area contributed by atoms with Gasteiger partial charge in [0, 0.05) is 16.9 Å². The maximum absolute atomic E-state index is 2.42. The van der Waals surface area contributed by atoms with Crippen LogP contribution in [0.25, 0.3) is 77.5 Å². The van der Waals surface area contributed by atoms with Crippen molar-refractivity contribution in [3.63, 3.8) is 0 Å². The van der Waals surface area contributed by atoms with Crippen molar-refractivity contribution in [2.24, 2.45) is 0 Å². The number of nitrogens with zero attached hydrogens (tertiary/aromatic N) is 1. The van der Waals surface area contributed by atoms with Gasteiger partial charge in [0.15, 0.2) is 0 Å². The molecule has 0 aliphatic carbocycles. The number of para-hydroxylation sites is 1. The highest BCUT2D eigenvalue weighted by atomic mass is 15.1. The fourth-order valence-electron chi connectivity index (χ4n) is 8.45. The van der Waals surface area contributed by atoms with Gasteiger partial charge in [-0.3, -0.25) is 0 Å². The average Bonchev–Trinajstić information content (AvgIpc) is 3.32. The zero-order chi connectivity index (χ0) is 39.4. The zero-order valence-electron chi connectivity index (χ0n) is 32.6. The minimum Gasteiger partial charge on any atom is -0.310 e. The lowest BCUT2D eigenvalue weighted by atomic mass is 9.88. The van der Waals surface area contributed by atoms with Crippen LogP contribution in [0.15, 0.2) is 249 Å². The molecule has 10 rings (SSSR count). The third-order valence-electron chi connectivity index (χ3n) is 11.3. The fourth-order valence-corrected chi connectivity index (χ4v) is 8.45. The number of anilines is 3. The van der Waals surface area contributed by atoms with Crippen LogP contribution in [0.5, 0.6) is 0 Å². The van der Waals surface area contributed by atoms with Crippen LogP contribution in [-0.2, 0) is 0 Å². The van der Waals surface area contributed by atoms with Gasteiger partial charge in [-0.15, -0.1) is 0 Å². The molecule has 0 aromatic heterocycles. The Morgan fingerprint density at radius 2 is 0.610 bits per heavy atom. The molecule has 0 aliphatic rings. The summed E-state index contributed by atoms with van der Waals surface area (Å²) in [5, 5.41) is 2.47. The Morgan fingerprint density at radius 3 is 1.24 bits per heavy atom. The number of hydrogen-bond donors (Lipinski definition) is 0. The van der Waals surface area contributed by atoms with Crippen LogP contribution in [0.2, 0.25) is 0 Å². The Hall–Kier alpha value is -7.74. The molecular weight excluding hydrogens is 711 g/mol. The third-order valence-corrected chi connectivity index (χ3v) is 11.3. The van der Waals surface area contributed by atoms with Gasteiger partial charge in [0.05, 0.1) is 5.69 Å². The first-order valence-corrected chi connectivity index (χ1v) is 20.3. The summed E-state index contributed by atoms with van der Waals surface area (Å²) < 4.78 is 0. The Morgan fingerprint density at radius 1 is 0.203 bits per heavy atom. The van der Waals surface area contributed by atoms with Crippen LogP contribution < -0.4 is 4.90 Å². The van der Waals surface area contributed by atoms with Gasteiger partial charge >= 0.3 is 0 Å². The molecule has 0 saturated carbocycles. The minimum absolute atomic E-state index is 1.08. The molecule has 0 bridgehead atoms. The first kappa shape index (κ1) is 35.7. The smallest absolute Gasteiger partial charge is 0.0540 e. The number of benzene rings is 10. The molecule has 1 heteroatoms. The predicted molar refractivity (Wildman–Crippen MR) is 251 cm³/mol. The molecule has 10 aromatic rings. The van der Waals surface area contributed by atoms with Crippen molar-refractivity contribution in [3.05, 3.63) is 249 Å². The molecule has 10 aromatic carbocycles. The standard InChI is InChI=1S/C58H41N/c1-3-19-43(20-4-1)51-26-9-10-27-52(51)45-36-38-49(39-37-45)59(50-25-17-24-47(41-50)48-35-34-42-18-7-8-23-46(42)40-48)58-33-16-15-32-57(58)56-31-14-13-30-55(56)54-29-12-11-28-53(54)44-21-5-2-6-22-44/h1-41H. The van der Waals surface area contributed by atoms with E-state index in [1.165, 1.54) is 72.0 Å². The average molecular weight is 752 g/mol. The van der Waals surface area contributed by atoms with Crippen LogP contribution in [0.4, 0.5) is 17.1 Å². The van der Waals surface area contributed by atoms with Gasteiger partial charge in [-0.1, -0.05) is 212 Å². The maximum Gasteiger partial charge on any atom is 0.0540 e. The van der Waals surface area contributed by atoms with E-state index in [0.29, 0.717) is 0 Å². The first-order chi connectivity index (χ1) is 29.3. The highest BCUT2D eigenvalue weighted by Gasteiger charge is 2.21. The van der Waals surface area contributed by atoms with Crippen LogP contribution in [0.3, 0.4) is 0 Å². The van der Waals surface area contributed by atoms with E-state index in [1.807, 2.05) is 0 Å². The topological polar surface area (TPSA) is 3.24 Å². The molecule has 0 saturated heterocycles. The predicted octanol–water partition coefficient (Wildman–Crippen LogP) is 16.3. The SMILES string of the molecule is c1ccc(-c2ccccc2-c2ccc(N(c3cccc(-c4ccc5ccccc5c4)c3)c3ccccc3-c3ccccc3-c3ccccc3-c3ccccc3)cc2)cc1. The van der Waals surface area contributed by atoms with Gasteiger partial charge < -0.3 is 4.90 Å². The van der Waals surface area contributed by atoms with E-state index >= 15 is 0 Å². The van der Waals surface area contributed by atoms with E-state index in [9.17, 15) is 0 Å². The monoisotopic (exact) mass is 751 g/mol. The molecule has 0 aliphatic heterocycles. The Kier molecular flexibility index (Phi) is 9.68. The van der Waals surface area contributed by atoms with Crippen molar-refractivity contribution in [2.75, 3.05) is 4.90 Å². The van der Waals surface area contributed by atoms with Gasteiger partial charge in [-0.05, 0) is 108 Å². The normalized spacial score (nSPS) is 11.1. The molecule has 1 nitrogen and oxygen atoms in total. The molecule has 0 spiro atoms. The number of fused-ring (bicyclic) bond motifs is 1. The molecule has 0 radical (unpaired) electrons. The maximum atomic E-state index is 2.42. The molecule has 0 amide bonds. The number of rotatable bonds is 9. The molecule has 278 valence electrons. The Bertz CT molecular complexity index is 3040. The van der Waals surface area contributed by atoms with Gasteiger partial charge in [0.2, 0.25) is 0 Å². The van der Waals surface area contributed by atoms with Crippen molar-refractivity contribution in [1.29, 1.82) is 0 Å². The van der Waals surface area contributed by atoms with Gasteiger partial charge in [0.1, 0.15) is 0 Å². The summed E-state index contributed by atoms with van der Waals surface area (Å²) in [5.41, 5.74) is 17.6. The van der Waals surface area contributed by atoms with Crippen molar-refractivity contribution in [1.82, 2.24) is 0 Å². The summed E-state index contributed by atoms with van der Waals surface area (Å²) >= 11 is 0. The van der Waals surface area contributed by atoms with E-state index in [4.69, 9.17) is 0 Å². The van der Waals surface area contributed by atoms with Crippen molar-refractivity contribution < 1.29 is 0 Å². The van der Waals surface area contributed by atoms with Crippen molar-refractivity contribution in [2.45, 2.75) is 0 Å². The fraction of sp³-hybridized carbons (Fsp3) is 0. The van der Waals surface area contributed by atoms with E-state index < -0.39 is 0 Å². The quantitative estimate of drug-likeness (QED) is 0.142. The van der Waals surface area contributed by atoms with Crippen LogP contribution in [-0.4, -0.2) is 0 Å². The van der Waals surface area contributed by atoms with Crippen LogP contribution >= 0.6 is 0 Å². The highest BCUT2D eigenvalue weighted by molar-refractivity contribution is 5.98. The molecule has 0 atom stereocenters. The second kappa shape index (κ2) is 16.0.